The Morgan fingerprint density at radius 3 is 2.57 bits per heavy atom. The van der Waals surface area contributed by atoms with Crippen LogP contribution in [0.3, 0.4) is 0 Å². The van der Waals surface area contributed by atoms with E-state index in [1.54, 1.807) is 41.3 Å². The molecule has 2 amide bonds. The quantitative estimate of drug-likeness (QED) is 0.541. The first-order valence-corrected chi connectivity index (χ1v) is 11.7. The Bertz CT molecular complexity index is 1200. The number of nitrogens with zero attached hydrogens (tertiary/aromatic N) is 2. The van der Waals surface area contributed by atoms with Gasteiger partial charge < -0.3 is 19.3 Å². The van der Waals surface area contributed by atoms with E-state index in [-0.39, 0.29) is 30.8 Å². The molecule has 0 unspecified atom stereocenters. The summed E-state index contributed by atoms with van der Waals surface area (Å²) < 4.78 is 24.9. The standard InChI is InChI=1S/C28H27FN2O4/c29-24-11-9-22(10-12-24)17-34-25-8-4-7-23(15-25)27(33)30-14-13-28(19-30)20-31(26(32)18-35-28)16-21-5-2-1-3-6-21/h1-12,15H,13-14,16-20H2/t28-/m1/s1. The summed E-state index contributed by atoms with van der Waals surface area (Å²) in [5.74, 6) is 0.154. The predicted octanol–water partition coefficient (Wildman–Crippen LogP) is 4.05. The first kappa shape index (κ1) is 23.1. The maximum absolute atomic E-state index is 13.3. The van der Waals surface area contributed by atoms with Crippen LogP contribution >= 0.6 is 0 Å². The number of amides is 2. The minimum absolute atomic E-state index is 0.0293. The summed E-state index contributed by atoms with van der Waals surface area (Å²) >= 11 is 0. The third-order valence-corrected chi connectivity index (χ3v) is 6.55. The van der Waals surface area contributed by atoms with E-state index in [4.69, 9.17) is 9.47 Å². The van der Waals surface area contributed by atoms with Gasteiger partial charge in [0.05, 0.1) is 13.1 Å². The first-order chi connectivity index (χ1) is 17.0. The van der Waals surface area contributed by atoms with Gasteiger partial charge in [-0.3, -0.25) is 9.59 Å². The Hall–Kier alpha value is -3.71. The Kier molecular flexibility index (Phi) is 6.51. The largest absolute Gasteiger partial charge is 0.489 e. The molecule has 0 radical (unpaired) electrons. The topological polar surface area (TPSA) is 59.1 Å². The van der Waals surface area contributed by atoms with Gasteiger partial charge in [0, 0.05) is 18.7 Å². The summed E-state index contributed by atoms with van der Waals surface area (Å²) in [7, 11) is 0. The SMILES string of the molecule is O=C1CO[C@@]2(CCN(C(=O)c3cccc(OCc4ccc(F)cc4)c3)C2)CN1Cc1ccccc1. The van der Waals surface area contributed by atoms with Gasteiger partial charge in [-0.05, 0) is 47.9 Å². The molecule has 1 atom stereocenters. The molecule has 2 heterocycles. The zero-order valence-electron chi connectivity index (χ0n) is 19.4. The van der Waals surface area contributed by atoms with Gasteiger partial charge in [0.2, 0.25) is 5.91 Å². The number of halogens is 1. The van der Waals surface area contributed by atoms with Crippen molar-refractivity contribution in [3.63, 3.8) is 0 Å². The number of benzene rings is 3. The van der Waals surface area contributed by atoms with Crippen molar-refractivity contribution in [3.8, 4) is 5.75 Å². The van der Waals surface area contributed by atoms with Crippen LogP contribution in [0.25, 0.3) is 0 Å². The molecule has 2 fully saturated rings. The van der Waals surface area contributed by atoms with E-state index in [1.807, 2.05) is 35.2 Å². The summed E-state index contributed by atoms with van der Waals surface area (Å²) in [5.41, 5.74) is 1.90. The Balaban J connectivity index is 1.22. The molecule has 2 saturated heterocycles. The van der Waals surface area contributed by atoms with Crippen LogP contribution in [0.2, 0.25) is 0 Å². The molecule has 180 valence electrons. The number of hydrogen-bond acceptors (Lipinski definition) is 4. The van der Waals surface area contributed by atoms with Gasteiger partial charge in [0.25, 0.3) is 5.91 Å². The van der Waals surface area contributed by atoms with Crippen LogP contribution in [0.4, 0.5) is 4.39 Å². The van der Waals surface area contributed by atoms with Gasteiger partial charge in [0.15, 0.2) is 0 Å². The first-order valence-electron chi connectivity index (χ1n) is 11.7. The lowest BCUT2D eigenvalue weighted by Gasteiger charge is -2.40. The minimum atomic E-state index is -0.547. The van der Waals surface area contributed by atoms with Gasteiger partial charge in [-0.25, -0.2) is 4.39 Å². The fourth-order valence-corrected chi connectivity index (χ4v) is 4.65. The Labute approximate surface area is 203 Å². The highest BCUT2D eigenvalue weighted by molar-refractivity contribution is 5.95. The molecule has 2 aliphatic rings. The number of likely N-dealkylation sites (tertiary alicyclic amines) is 1. The highest BCUT2D eigenvalue weighted by atomic mass is 19.1. The van der Waals surface area contributed by atoms with Crippen LogP contribution in [0.1, 0.15) is 27.9 Å². The smallest absolute Gasteiger partial charge is 0.254 e. The molecule has 0 aliphatic carbocycles. The second-order valence-corrected chi connectivity index (χ2v) is 9.13. The Morgan fingerprint density at radius 2 is 1.77 bits per heavy atom. The number of rotatable bonds is 6. The number of ether oxygens (including phenoxy) is 2. The minimum Gasteiger partial charge on any atom is -0.489 e. The van der Waals surface area contributed by atoms with Crippen molar-refractivity contribution >= 4 is 11.8 Å². The van der Waals surface area contributed by atoms with Crippen molar-refractivity contribution in [3.05, 3.63) is 101 Å². The molecule has 0 saturated carbocycles. The molecule has 7 heteroatoms. The van der Waals surface area contributed by atoms with Crippen LogP contribution in [-0.4, -0.2) is 53.5 Å². The van der Waals surface area contributed by atoms with Gasteiger partial charge in [-0.1, -0.05) is 48.5 Å². The van der Waals surface area contributed by atoms with Crippen LogP contribution in [0.5, 0.6) is 5.75 Å². The Morgan fingerprint density at radius 1 is 0.971 bits per heavy atom. The lowest BCUT2D eigenvalue weighted by atomic mass is 10.00. The van der Waals surface area contributed by atoms with Crippen molar-refractivity contribution in [1.82, 2.24) is 9.80 Å². The van der Waals surface area contributed by atoms with Gasteiger partial charge in [-0.2, -0.15) is 0 Å². The van der Waals surface area contributed by atoms with Crippen molar-refractivity contribution in [1.29, 1.82) is 0 Å². The van der Waals surface area contributed by atoms with Crippen LogP contribution in [0, 0.1) is 5.82 Å². The molecule has 3 aromatic rings. The number of carbonyl (C=O) groups excluding carboxylic acids is 2. The van der Waals surface area contributed by atoms with E-state index < -0.39 is 5.60 Å². The highest BCUT2D eigenvalue weighted by Gasteiger charge is 2.46. The predicted molar refractivity (Wildman–Crippen MR) is 128 cm³/mol. The molecular formula is C28H27FN2O4. The monoisotopic (exact) mass is 474 g/mol. The molecule has 3 aromatic carbocycles. The molecule has 2 aliphatic heterocycles. The van der Waals surface area contributed by atoms with Gasteiger partial charge >= 0.3 is 0 Å². The zero-order valence-corrected chi connectivity index (χ0v) is 19.4. The van der Waals surface area contributed by atoms with Crippen LogP contribution in [0.15, 0.2) is 78.9 Å². The summed E-state index contributed by atoms with van der Waals surface area (Å²) in [6, 6.07) is 23.1. The summed E-state index contributed by atoms with van der Waals surface area (Å²) in [6.45, 7) is 2.31. The second kappa shape index (κ2) is 9.88. The summed E-state index contributed by atoms with van der Waals surface area (Å²) in [4.78, 5) is 29.4. The third kappa shape index (κ3) is 5.35. The molecular weight excluding hydrogens is 447 g/mol. The maximum Gasteiger partial charge on any atom is 0.254 e. The fourth-order valence-electron chi connectivity index (χ4n) is 4.65. The average molecular weight is 475 g/mol. The normalized spacial score (nSPS) is 19.9. The molecule has 5 rings (SSSR count). The van der Waals surface area contributed by atoms with E-state index in [9.17, 15) is 14.0 Å². The number of morpholine rings is 1. The number of carbonyl (C=O) groups is 2. The lowest BCUT2D eigenvalue weighted by Crippen LogP contribution is -2.55. The van der Waals surface area contributed by atoms with Crippen molar-refractivity contribution < 1.29 is 23.5 Å². The highest BCUT2D eigenvalue weighted by Crippen LogP contribution is 2.31. The third-order valence-electron chi connectivity index (χ3n) is 6.55. The second-order valence-electron chi connectivity index (χ2n) is 9.13. The maximum atomic E-state index is 13.3. The lowest BCUT2D eigenvalue weighted by molar-refractivity contribution is -0.162. The fraction of sp³-hybridized carbons (Fsp3) is 0.286. The van der Waals surface area contributed by atoms with Crippen LogP contribution in [-0.2, 0) is 22.7 Å². The summed E-state index contributed by atoms with van der Waals surface area (Å²) in [5, 5.41) is 0. The van der Waals surface area contributed by atoms with Gasteiger partial charge in [0.1, 0.15) is 30.4 Å². The zero-order chi connectivity index (χ0) is 24.3. The van der Waals surface area contributed by atoms with Crippen molar-refractivity contribution in [2.45, 2.75) is 25.2 Å². The molecule has 6 nitrogen and oxygen atoms in total. The molecule has 0 aromatic heterocycles. The average Bonchev–Trinajstić information content (AvgIpc) is 3.30. The van der Waals surface area contributed by atoms with Crippen LogP contribution < -0.4 is 4.74 Å². The van der Waals surface area contributed by atoms with Crippen molar-refractivity contribution in [2.75, 3.05) is 26.2 Å². The van der Waals surface area contributed by atoms with E-state index in [1.165, 1.54) is 12.1 Å². The molecule has 1 spiro atoms. The molecule has 0 N–H and O–H groups in total. The van der Waals surface area contributed by atoms with E-state index in [2.05, 4.69) is 0 Å². The van der Waals surface area contributed by atoms with E-state index in [0.717, 1.165) is 11.1 Å². The summed E-state index contributed by atoms with van der Waals surface area (Å²) in [6.07, 6.45) is 0.679. The van der Waals surface area contributed by atoms with E-state index in [0.29, 0.717) is 43.9 Å². The molecule has 35 heavy (non-hydrogen) atoms. The van der Waals surface area contributed by atoms with Crippen molar-refractivity contribution in [2.24, 2.45) is 0 Å². The van der Waals surface area contributed by atoms with Gasteiger partial charge in [-0.15, -0.1) is 0 Å². The number of hydrogen-bond donors (Lipinski definition) is 0. The molecule has 0 bridgehead atoms. The van der Waals surface area contributed by atoms with E-state index >= 15 is 0 Å².